The molecule has 64 valence electrons. The Morgan fingerprint density at radius 3 is 3.00 bits per heavy atom. The van der Waals surface area contributed by atoms with Gasteiger partial charge in [0.25, 0.3) is 0 Å². The van der Waals surface area contributed by atoms with Crippen molar-refractivity contribution in [1.29, 1.82) is 0 Å². The first-order chi connectivity index (χ1) is 5.79. The maximum Gasteiger partial charge on any atom is 0.303 e. The van der Waals surface area contributed by atoms with Gasteiger partial charge in [0.1, 0.15) is 6.33 Å². The van der Waals surface area contributed by atoms with E-state index in [2.05, 4.69) is 9.97 Å². The van der Waals surface area contributed by atoms with E-state index >= 15 is 0 Å². The summed E-state index contributed by atoms with van der Waals surface area (Å²) in [7, 11) is 0. The van der Waals surface area contributed by atoms with Crippen LogP contribution >= 0.6 is 0 Å². The molecule has 0 saturated heterocycles. The molecule has 4 heteroatoms. The molecule has 0 radical (unpaired) electrons. The van der Waals surface area contributed by atoms with Crippen molar-refractivity contribution < 1.29 is 9.90 Å². The Bertz CT molecular complexity index is 248. The van der Waals surface area contributed by atoms with Gasteiger partial charge in [0.2, 0.25) is 0 Å². The summed E-state index contributed by atoms with van der Waals surface area (Å²) in [4.78, 5) is 17.9. The van der Waals surface area contributed by atoms with Gasteiger partial charge in [-0.25, -0.2) is 9.97 Å². The van der Waals surface area contributed by atoms with Crippen LogP contribution in [0.2, 0.25) is 0 Å². The van der Waals surface area contributed by atoms with Gasteiger partial charge >= 0.3 is 5.97 Å². The Morgan fingerprint density at radius 2 is 2.42 bits per heavy atom. The summed E-state index contributed by atoms with van der Waals surface area (Å²) in [6.45, 7) is 0. The predicted octanol–water partition coefficient (Wildman–Crippen LogP) is 0.884. The molecule has 1 heterocycles. The molecule has 0 aliphatic heterocycles. The Kier molecular flexibility index (Phi) is 3.19. The summed E-state index contributed by atoms with van der Waals surface area (Å²) in [6.07, 6.45) is 4.66. The minimum absolute atomic E-state index is 0.198. The summed E-state index contributed by atoms with van der Waals surface area (Å²) in [5.74, 6) is -0.760. The zero-order chi connectivity index (χ0) is 8.81. The molecule has 1 aromatic heterocycles. The number of hydrogen-bond acceptors (Lipinski definition) is 3. The second-order valence-electron chi connectivity index (χ2n) is 2.45. The predicted molar refractivity (Wildman–Crippen MR) is 42.6 cm³/mol. The molecule has 0 bridgehead atoms. The van der Waals surface area contributed by atoms with Crippen molar-refractivity contribution in [3.63, 3.8) is 0 Å². The molecule has 4 nitrogen and oxygen atoms in total. The van der Waals surface area contributed by atoms with Crippen molar-refractivity contribution in [3.8, 4) is 0 Å². The lowest BCUT2D eigenvalue weighted by Crippen LogP contribution is -1.97. The fraction of sp³-hybridized carbons (Fsp3) is 0.375. The van der Waals surface area contributed by atoms with Crippen molar-refractivity contribution in [2.75, 3.05) is 0 Å². The van der Waals surface area contributed by atoms with Gasteiger partial charge < -0.3 is 5.11 Å². The van der Waals surface area contributed by atoms with Crippen molar-refractivity contribution in [2.45, 2.75) is 19.3 Å². The summed E-state index contributed by atoms with van der Waals surface area (Å²) >= 11 is 0. The molecule has 0 amide bonds. The summed E-state index contributed by atoms with van der Waals surface area (Å²) in [5.41, 5.74) is 0.895. The van der Waals surface area contributed by atoms with Crippen LogP contribution in [0.25, 0.3) is 0 Å². The number of carbonyl (C=O) groups is 1. The van der Waals surface area contributed by atoms with E-state index in [9.17, 15) is 4.79 Å². The average molecular weight is 166 g/mol. The molecule has 0 aromatic carbocycles. The van der Waals surface area contributed by atoms with Crippen molar-refractivity contribution in [2.24, 2.45) is 0 Å². The molecule has 0 spiro atoms. The van der Waals surface area contributed by atoms with E-state index < -0.39 is 5.97 Å². The number of carboxylic acids is 1. The van der Waals surface area contributed by atoms with E-state index in [1.807, 2.05) is 0 Å². The molecule has 12 heavy (non-hydrogen) atoms. The smallest absolute Gasteiger partial charge is 0.303 e. The standard InChI is InChI=1S/C8H10N2O2/c11-8(12)3-1-2-7-4-5-9-6-10-7/h4-6H,1-3H2,(H,11,12). The third-order valence-corrected chi connectivity index (χ3v) is 1.47. The number of aryl methyl sites for hydroxylation is 1. The fourth-order valence-electron chi connectivity index (χ4n) is 0.887. The molecule has 0 atom stereocenters. The van der Waals surface area contributed by atoms with Crippen LogP contribution in [0.1, 0.15) is 18.5 Å². The van der Waals surface area contributed by atoms with E-state index in [1.54, 1.807) is 12.3 Å². The quantitative estimate of drug-likeness (QED) is 0.721. The third kappa shape index (κ3) is 3.09. The second-order valence-corrected chi connectivity index (χ2v) is 2.45. The van der Waals surface area contributed by atoms with Gasteiger partial charge in [-0.05, 0) is 18.9 Å². The van der Waals surface area contributed by atoms with Crippen LogP contribution in [0.15, 0.2) is 18.6 Å². The van der Waals surface area contributed by atoms with Crippen LogP contribution < -0.4 is 0 Å². The zero-order valence-electron chi connectivity index (χ0n) is 6.60. The maximum atomic E-state index is 10.2. The van der Waals surface area contributed by atoms with Crippen LogP contribution in [0.3, 0.4) is 0 Å². The van der Waals surface area contributed by atoms with Gasteiger partial charge in [-0.15, -0.1) is 0 Å². The van der Waals surface area contributed by atoms with Crippen molar-refractivity contribution in [3.05, 3.63) is 24.3 Å². The zero-order valence-corrected chi connectivity index (χ0v) is 6.60. The third-order valence-electron chi connectivity index (χ3n) is 1.47. The molecule has 0 saturated carbocycles. The van der Waals surface area contributed by atoms with Gasteiger partial charge in [0.05, 0.1) is 0 Å². The lowest BCUT2D eigenvalue weighted by atomic mass is 10.2. The minimum atomic E-state index is -0.760. The minimum Gasteiger partial charge on any atom is -0.481 e. The lowest BCUT2D eigenvalue weighted by Gasteiger charge is -1.96. The Labute approximate surface area is 70.3 Å². The lowest BCUT2D eigenvalue weighted by molar-refractivity contribution is -0.137. The van der Waals surface area contributed by atoms with Crippen LogP contribution in [0.5, 0.6) is 0 Å². The van der Waals surface area contributed by atoms with E-state index in [0.29, 0.717) is 12.8 Å². The molecule has 0 fully saturated rings. The molecule has 1 aromatic rings. The molecule has 0 aliphatic rings. The average Bonchev–Trinajstić information content (AvgIpc) is 2.05. The summed E-state index contributed by atoms with van der Waals surface area (Å²) in [6, 6.07) is 1.79. The van der Waals surface area contributed by atoms with Crippen LogP contribution in [0, 0.1) is 0 Å². The van der Waals surface area contributed by atoms with Crippen molar-refractivity contribution >= 4 is 5.97 Å². The Morgan fingerprint density at radius 1 is 1.58 bits per heavy atom. The van der Waals surface area contributed by atoms with Crippen LogP contribution in [-0.4, -0.2) is 21.0 Å². The molecule has 1 rings (SSSR count). The topological polar surface area (TPSA) is 63.1 Å². The number of rotatable bonds is 4. The molecule has 0 aliphatic carbocycles. The largest absolute Gasteiger partial charge is 0.481 e. The first-order valence-electron chi connectivity index (χ1n) is 3.76. The number of carboxylic acid groups (broad SMARTS) is 1. The molecular formula is C8H10N2O2. The van der Waals surface area contributed by atoms with E-state index in [4.69, 9.17) is 5.11 Å². The van der Waals surface area contributed by atoms with Crippen LogP contribution in [-0.2, 0) is 11.2 Å². The van der Waals surface area contributed by atoms with Gasteiger partial charge in [-0.1, -0.05) is 0 Å². The summed E-state index contributed by atoms with van der Waals surface area (Å²) in [5, 5.41) is 8.36. The van der Waals surface area contributed by atoms with Gasteiger partial charge in [-0.2, -0.15) is 0 Å². The normalized spacial score (nSPS) is 9.67. The molecule has 1 N–H and O–H groups in total. The van der Waals surface area contributed by atoms with Crippen molar-refractivity contribution in [1.82, 2.24) is 9.97 Å². The molecular weight excluding hydrogens is 156 g/mol. The number of aromatic nitrogens is 2. The number of nitrogens with zero attached hydrogens (tertiary/aromatic N) is 2. The fourth-order valence-corrected chi connectivity index (χ4v) is 0.887. The van der Waals surface area contributed by atoms with Gasteiger partial charge in [0, 0.05) is 18.3 Å². The van der Waals surface area contributed by atoms with E-state index in [-0.39, 0.29) is 6.42 Å². The van der Waals surface area contributed by atoms with Crippen LogP contribution in [0.4, 0.5) is 0 Å². The first-order valence-corrected chi connectivity index (χ1v) is 3.76. The number of aliphatic carboxylic acids is 1. The first kappa shape index (κ1) is 8.64. The SMILES string of the molecule is O=C(O)CCCc1ccncn1. The Hall–Kier alpha value is -1.45. The summed E-state index contributed by atoms with van der Waals surface area (Å²) < 4.78 is 0. The second kappa shape index (κ2) is 4.43. The highest BCUT2D eigenvalue weighted by molar-refractivity contribution is 5.66. The number of hydrogen-bond donors (Lipinski definition) is 1. The Balaban J connectivity index is 2.29. The highest BCUT2D eigenvalue weighted by Gasteiger charge is 1.97. The van der Waals surface area contributed by atoms with Gasteiger partial charge in [-0.3, -0.25) is 4.79 Å². The van der Waals surface area contributed by atoms with E-state index in [0.717, 1.165) is 5.69 Å². The van der Waals surface area contributed by atoms with Gasteiger partial charge in [0.15, 0.2) is 0 Å². The highest BCUT2D eigenvalue weighted by Crippen LogP contribution is 1.99. The monoisotopic (exact) mass is 166 g/mol. The van der Waals surface area contributed by atoms with E-state index in [1.165, 1.54) is 6.33 Å². The highest BCUT2D eigenvalue weighted by atomic mass is 16.4. The molecule has 0 unspecified atom stereocenters. The maximum absolute atomic E-state index is 10.2.